The zero-order chi connectivity index (χ0) is 26.3. The molecule has 9 heteroatoms. The van der Waals surface area contributed by atoms with Crippen molar-refractivity contribution in [3.05, 3.63) is 35.3 Å². The number of aryl methyl sites for hydroxylation is 1. The van der Waals surface area contributed by atoms with Gasteiger partial charge in [0.1, 0.15) is 23.6 Å². The monoisotopic (exact) mass is 494 g/mol. The number of aromatic nitrogens is 1. The molecular weight excluding hydrogens is 455 g/mol. The van der Waals surface area contributed by atoms with Crippen LogP contribution in [0, 0.1) is 18.3 Å². The molecule has 0 spiro atoms. The molecule has 0 bridgehead atoms. The molecule has 0 saturated carbocycles. The molecule has 0 radical (unpaired) electrons. The topological polar surface area (TPSA) is 122 Å². The van der Waals surface area contributed by atoms with Crippen molar-refractivity contribution in [3.8, 4) is 0 Å². The molecule has 1 amide bonds. The Labute approximate surface area is 206 Å². The minimum atomic E-state index is -1.33. The molecule has 2 heterocycles. The van der Waals surface area contributed by atoms with Crippen molar-refractivity contribution in [2.45, 2.75) is 91.6 Å². The second-order valence-electron chi connectivity index (χ2n) is 9.86. The highest BCUT2D eigenvalue weighted by Crippen LogP contribution is 2.32. The fourth-order valence-electron chi connectivity index (χ4n) is 4.09. The number of ether oxygens (including phenoxy) is 1. The maximum Gasteiger partial charge on any atom is 0.223 e. The van der Waals surface area contributed by atoms with Gasteiger partial charge in [0, 0.05) is 18.9 Å². The normalized spacial score (nSPS) is 31.5. The van der Waals surface area contributed by atoms with E-state index in [-0.39, 0.29) is 12.2 Å². The summed E-state index contributed by atoms with van der Waals surface area (Å²) in [6, 6.07) is -0.988. The molecule has 0 aromatic carbocycles. The first-order valence-corrected chi connectivity index (χ1v) is 12.1. The second-order valence-corrected chi connectivity index (χ2v) is 9.86. The molecule has 0 aliphatic carbocycles. The number of hydrogen-bond acceptors (Lipinski definition) is 7. The number of Topliss-reactive ketones (excluding diaryl/α,β-unsaturated/α-hetero) is 1. The summed E-state index contributed by atoms with van der Waals surface area (Å²) < 4.78 is 26.1. The van der Waals surface area contributed by atoms with Gasteiger partial charge in [0.05, 0.1) is 42.8 Å². The van der Waals surface area contributed by atoms with Crippen molar-refractivity contribution in [1.82, 2.24) is 10.3 Å². The van der Waals surface area contributed by atoms with Crippen LogP contribution in [0.3, 0.4) is 0 Å². The van der Waals surface area contributed by atoms with Crippen LogP contribution in [0.15, 0.2) is 28.2 Å². The quantitative estimate of drug-likeness (QED) is 0.548. The predicted octanol–water partition coefficient (Wildman–Crippen LogP) is 3.66. The van der Waals surface area contributed by atoms with Gasteiger partial charge >= 0.3 is 0 Å². The van der Waals surface area contributed by atoms with E-state index < -0.39 is 53.8 Å². The number of aliphatic hydroxyl groups excluding tert-OH is 2. The van der Waals surface area contributed by atoms with Crippen LogP contribution in [-0.4, -0.2) is 57.8 Å². The Hall–Kier alpha value is -2.36. The van der Waals surface area contributed by atoms with Crippen molar-refractivity contribution in [1.29, 1.82) is 0 Å². The van der Waals surface area contributed by atoms with Crippen molar-refractivity contribution in [2.75, 3.05) is 6.61 Å². The van der Waals surface area contributed by atoms with Gasteiger partial charge in [0.25, 0.3) is 0 Å². The number of hydrogen-bond donors (Lipinski definition) is 3. The zero-order valence-corrected chi connectivity index (χ0v) is 21.5. The Morgan fingerprint density at radius 3 is 2.60 bits per heavy atom. The highest BCUT2D eigenvalue weighted by Gasteiger charge is 2.43. The number of amides is 1. The van der Waals surface area contributed by atoms with E-state index in [4.69, 9.17) is 9.15 Å². The molecule has 0 saturated heterocycles. The molecular formula is C26H39FN2O6. The number of oxazole rings is 1. The van der Waals surface area contributed by atoms with Crippen LogP contribution in [0.2, 0.25) is 0 Å². The van der Waals surface area contributed by atoms with Gasteiger partial charge in [-0.3, -0.25) is 9.59 Å². The summed E-state index contributed by atoms with van der Waals surface area (Å²) >= 11 is 0. The Morgan fingerprint density at radius 2 is 2.00 bits per heavy atom. The third-order valence-corrected chi connectivity index (χ3v) is 6.69. The Kier molecular flexibility index (Phi) is 10.4. The number of nitrogens with zero attached hydrogens (tertiary/aromatic N) is 1. The summed E-state index contributed by atoms with van der Waals surface area (Å²) in [7, 11) is 0. The lowest BCUT2D eigenvalue weighted by Gasteiger charge is -2.35. The summed E-state index contributed by atoms with van der Waals surface area (Å²) in [5, 5.41) is 24.2. The van der Waals surface area contributed by atoms with E-state index in [1.807, 2.05) is 13.0 Å². The van der Waals surface area contributed by atoms with E-state index in [9.17, 15) is 19.8 Å². The number of ketones is 1. The molecule has 35 heavy (non-hydrogen) atoms. The Balaban J connectivity index is 2.35. The summed E-state index contributed by atoms with van der Waals surface area (Å²) in [6.07, 6.45) is 2.04. The van der Waals surface area contributed by atoms with Crippen LogP contribution >= 0.6 is 0 Å². The predicted molar refractivity (Wildman–Crippen MR) is 130 cm³/mol. The first-order chi connectivity index (χ1) is 16.4. The highest BCUT2D eigenvalue weighted by atomic mass is 19.1. The minimum Gasteiger partial charge on any atom is -0.449 e. The molecule has 3 N–H and O–H groups in total. The average molecular weight is 495 g/mol. The maximum absolute atomic E-state index is 15.1. The maximum atomic E-state index is 15.1. The standard InChI is InChI=1S/C26H39FN2O6/c1-7-19-24(32)16(3)34-11-10-15(2)8-9-21(20(27)12-18-14-35-17(4)28-18)29-23(31)13-22(30)26(5,6)25(19)33/h8,12,14,16,19,21-22,24,30,32H,7,9-11,13H2,1-6H3,(H,29,31)/b15-8-,20-12-/t16-,19-,21+,22+,24-/m1/s1. The van der Waals surface area contributed by atoms with Gasteiger partial charge in [-0.1, -0.05) is 32.4 Å². The second kappa shape index (κ2) is 12.6. The number of halogens is 1. The molecule has 5 atom stereocenters. The smallest absolute Gasteiger partial charge is 0.223 e. The number of rotatable bonds is 3. The van der Waals surface area contributed by atoms with Crippen LogP contribution in [0.5, 0.6) is 0 Å². The van der Waals surface area contributed by atoms with E-state index in [0.717, 1.165) is 5.57 Å². The summed E-state index contributed by atoms with van der Waals surface area (Å²) in [6.45, 7) is 10.4. The number of aliphatic hydroxyl groups is 2. The number of carbonyl (C=O) groups is 2. The van der Waals surface area contributed by atoms with Gasteiger partial charge in [0.2, 0.25) is 5.91 Å². The van der Waals surface area contributed by atoms with E-state index in [1.165, 1.54) is 12.3 Å². The van der Waals surface area contributed by atoms with Gasteiger partial charge in [-0.25, -0.2) is 9.37 Å². The summed E-state index contributed by atoms with van der Waals surface area (Å²) in [4.78, 5) is 30.2. The largest absolute Gasteiger partial charge is 0.449 e. The number of carbonyl (C=O) groups excluding carboxylic acids is 2. The fraction of sp³-hybridized carbons (Fsp3) is 0.654. The molecule has 0 fully saturated rings. The molecule has 196 valence electrons. The average Bonchev–Trinajstić information content (AvgIpc) is 3.20. The van der Waals surface area contributed by atoms with Crippen molar-refractivity contribution in [3.63, 3.8) is 0 Å². The zero-order valence-electron chi connectivity index (χ0n) is 21.5. The van der Waals surface area contributed by atoms with E-state index in [2.05, 4.69) is 10.3 Å². The molecule has 8 nitrogen and oxygen atoms in total. The Bertz CT molecular complexity index is 938. The first-order valence-electron chi connectivity index (χ1n) is 12.1. The highest BCUT2D eigenvalue weighted by molar-refractivity contribution is 5.88. The lowest BCUT2D eigenvalue weighted by atomic mass is 9.72. The summed E-state index contributed by atoms with van der Waals surface area (Å²) in [5.41, 5.74) is -0.0956. The molecule has 1 aromatic heterocycles. The summed E-state index contributed by atoms with van der Waals surface area (Å²) in [5.74, 6) is -1.93. The van der Waals surface area contributed by atoms with Gasteiger partial charge in [0.15, 0.2) is 5.89 Å². The van der Waals surface area contributed by atoms with Crippen LogP contribution in [-0.2, 0) is 14.3 Å². The van der Waals surface area contributed by atoms with Crippen molar-refractivity contribution >= 4 is 17.8 Å². The van der Waals surface area contributed by atoms with E-state index >= 15 is 4.39 Å². The van der Waals surface area contributed by atoms with E-state index in [0.29, 0.717) is 31.0 Å². The molecule has 1 aliphatic rings. The Morgan fingerprint density at radius 1 is 1.31 bits per heavy atom. The SMILES string of the molecule is CC[C@H]1C(=O)C(C)(C)[C@@H](O)CC(=O)N[C@H](/C(F)=C/c2coc(C)n2)C/C=C(/C)CCO[C@H](C)[C@H]1O. The lowest BCUT2D eigenvalue weighted by Crippen LogP contribution is -2.48. The molecule has 0 unspecified atom stereocenters. The van der Waals surface area contributed by atoms with Crippen molar-refractivity contribution in [2.24, 2.45) is 11.3 Å². The van der Waals surface area contributed by atoms with E-state index in [1.54, 1.807) is 34.6 Å². The van der Waals surface area contributed by atoms with Crippen LogP contribution < -0.4 is 5.32 Å². The van der Waals surface area contributed by atoms with Gasteiger partial charge in [-0.05, 0) is 33.1 Å². The number of nitrogens with one attached hydrogen (secondary N) is 1. The minimum absolute atomic E-state index is 0.172. The van der Waals surface area contributed by atoms with Crippen LogP contribution in [0.25, 0.3) is 6.08 Å². The lowest BCUT2D eigenvalue weighted by molar-refractivity contribution is -0.147. The van der Waals surface area contributed by atoms with Crippen LogP contribution in [0.4, 0.5) is 4.39 Å². The molecule has 2 rings (SSSR count). The van der Waals surface area contributed by atoms with Gasteiger partial charge < -0.3 is 24.7 Å². The fourth-order valence-corrected chi connectivity index (χ4v) is 4.09. The molecule has 1 aromatic rings. The van der Waals surface area contributed by atoms with Gasteiger partial charge in [-0.15, -0.1) is 0 Å². The third-order valence-electron chi connectivity index (χ3n) is 6.69. The first kappa shape index (κ1) is 28.9. The van der Waals surface area contributed by atoms with Crippen LogP contribution in [0.1, 0.15) is 71.9 Å². The van der Waals surface area contributed by atoms with Crippen molar-refractivity contribution < 1.29 is 33.3 Å². The third kappa shape index (κ3) is 7.81. The van der Waals surface area contributed by atoms with Gasteiger partial charge in [-0.2, -0.15) is 0 Å². The molecule has 1 aliphatic heterocycles.